The minimum atomic E-state index is 0.603. The number of rotatable bonds is 2. The second kappa shape index (κ2) is 5.72. The van der Waals surface area contributed by atoms with Crippen LogP contribution in [0.1, 0.15) is 5.56 Å². The van der Waals surface area contributed by atoms with Crippen molar-refractivity contribution in [2.24, 2.45) is 0 Å². The van der Waals surface area contributed by atoms with Crippen LogP contribution in [-0.2, 0) is 0 Å². The molecule has 0 amide bonds. The summed E-state index contributed by atoms with van der Waals surface area (Å²) < 4.78 is 0.820. The number of anilines is 2. The van der Waals surface area contributed by atoms with Gasteiger partial charge in [-0.3, -0.25) is 4.98 Å². The molecule has 1 aromatic heterocycles. The highest BCUT2D eigenvalue weighted by Gasteiger charge is 2.08. The molecule has 3 nitrogen and oxygen atoms in total. The highest BCUT2D eigenvalue weighted by Crippen LogP contribution is 2.32. The normalized spacial score (nSPS) is 10.3. The maximum absolute atomic E-state index is 8.90. The Morgan fingerprint density at radius 2 is 1.95 bits per heavy atom. The van der Waals surface area contributed by atoms with Crippen LogP contribution >= 0.6 is 27.5 Å². The van der Waals surface area contributed by atoms with Crippen molar-refractivity contribution in [2.45, 2.75) is 0 Å². The van der Waals surface area contributed by atoms with Crippen molar-refractivity contribution in [2.75, 3.05) is 5.32 Å². The summed E-state index contributed by atoms with van der Waals surface area (Å²) in [5.41, 5.74) is 3.14. The lowest BCUT2D eigenvalue weighted by atomic mass is 10.1. The summed E-state index contributed by atoms with van der Waals surface area (Å²) in [5.74, 6) is 0. The van der Waals surface area contributed by atoms with Crippen molar-refractivity contribution in [1.29, 1.82) is 5.26 Å². The van der Waals surface area contributed by atoms with Gasteiger partial charge in [0, 0.05) is 16.1 Å². The van der Waals surface area contributed by atoms with E-state index in [0.717, 1.165) is 26.8 Å². The van der Waals surface area contributed by atoms with Crippen LogP contribution in [0.15, 0.2) is 53.1 Å². The molecule has 102 valence electrons. The van der Waals surface area contributed by atoms with Crippen LogP contribution in [-0.4, -0.2) is 4.98 Å². The third kappa shape index (κ3) is 2.71. The minimum Gasteiger partial charge on any atom is -0.353 e. The molecule has 0 unspecified atom stereocenters. The molecule has 0 saturated heterocycles. The van der Waals surface area contributed by atoms with Crippen molar-refractivity contribution in [3.05, 3.63) is 63.7 Å². The van der Waals surface area contributed by atoms with E-state index in [-0.39, 0.29) is 0 Å². The molecule has 3 aromatic rings. The van der Waals surface area contributed by atoms with Gasteiger partial charge in [0.2, 0.25) is 0 Å². The molecule has 0 saturated carbocycles. The Balaban J connectivity index is 2.07. The summed E-state index contributed by atoms with van der Waals surface area (Å²) in [6, 6.07) is 15.0. The topological polar surface area (TPSA) is 48.7 Å². The molecule has 0 atom stereocenters. The highest BCUT2D eigenvalue weighted by molar-refractivity contribution is 9.10. The van der Waals surface area contributed by atoms with E-state index in [0.29, 0.717) is 10.6 Å². The van der Waals surface area contributed by atoms with Gasteiger partial charge >= 0.3 is 0 Å². The van der Waals surface area contributed by atoms with Crippen LogP contribution in [0.5, 0.6) is 0 Å². The minimum absolute atomic E-state index is 0.603. The summed E-state index contributed by atoms with van der Waals surface area (Å²) in [6.07, 6.45) is 1.73. The van der Waals surface area contributed by atoms with Gasteiger partial charge in [-0.15, -0.1) is 0 Å². The number of nitrogens with zero attached hydrogens (tertiary/aromatic N) is 2. The van der Waals surface area contributed by atoms with E-state index < -0.39 is 0 Å². The summed E-state index contributed by atoms with van der Waals surface area (Å²) in [7, 11) is 0. The number of pyridine rings is 1. The molecule has 0 aliphatic heterocycles. The van der Waals surface area contributed by atoms with E-state index in [1.807, 2.05) is 30.3 Å². The van der Waals surface area contributed by atoms with Crippen molar-refractivity contribution in [3.63, 3.8) is 0 Å². The maximum Gasteiger partial charge on any atom is 0.0992 e. The second-order valence-corrected chi connectivity index (χ2v) is 5.69. The zero-order chi connectivity index (χ0) is 14.8. The summed E-state index contributed by atoms with van der Waals surface area (Å²) in [5, 5.41) is 13.8. The summed E-state index contributed by atoms with van der Waals surface area (Å²) in [4.78, 5) is 4.39. The van der Waals surface area contributed by atoms with E-state index in [2.05, 4.69) is 32.3 Å². The fourth-order valence-corrected chi connectivity index (χ4v) is 2.76. The van der Waals surface area contributed by atoms with E-state index in [1.54, 1.807) is 18.3 Å². The Morgan fingerprint density at radius 1 is 1.14 bits per heavy atom. The molecule has 1 heterocycles. The van der Waals surface area contributed by atoms with Crippen LogP contribution < -0.4 is 5.32 Å². The molecule has 0 aliphatic rings. The molecular formula is C16H9BrClN3. The Hall–Kier alpha value is -2.09. The molecular weight excluding hydrogens is 350 g/mol. The Labute approximate surface area is 135 Å². The van der Waals surface area contributed by atoms with E-state index in [9.17, 15) is 0 Å². The number of hydrogen-bond donors (Lipinski definition) is 1. The molecule has 5 heteroatoms. The van der Waals surface area contributed by atoms with Gasteiger partial charge in [0.25, 0.3) is 0 Å². The lowest BCUT2D eigenvalue weighted by Gasteiger charge is -2.11. The van der Waals surface area contributed by atoms with Gasteiger partial charge in [0.15, 0.2) is 0 Å². The van der Waals surface area contributed by atoms with E-state index in [4.69, 9.17) is 16.9 Å². The molecule has 0 radical (unpaired) electrons. The number of nitriles is 1. The third-order valence-corrected chi connectivity index (χ3v) is 4.07. The lowest BCUT2D eigenvalue weighted by Crippen LogP contribution is -1.94. The Kier molecular flexibility index (Phi) is 3.78. The molecule has 3 rings (SSSR count). The smallest absolute Gasteiger partial charge is 0.0992 e. The Morgan fingerprint density at radius 3 is 2.71 bits per heavy atom. The molecule has 0 aliphatic carbocycles. The fourth-order valence-electron chi connectivity index (χ4n) is 2.07. The average Bonchev–Trinajstić information content (AvgIpc) is 2.52. The molecule has 2 aromatic carbocycles. The first kappa shape index (κ1) is 13.9. The van der Waals surface area contributed by atoms with Gasteiger partial charge in [0.05, 0.1) is 33.5 Å². The van der Waals surface area contributed by atoms with Gasteiger partial charge in [-0.25, -0.2) is 0 Å². The van der Waals surface area contributed by atoms with Crippen LogP contribution in [0, 0.1) is 11.3 Å². The van der Waals surface area contributed by atoms with Crippen LogP contribution in [0.3, 0.4) is 0 Å². The molecule has 0 fully saturated rings. The van der Waals surface area contributed by atoms with Crippen molar-refractivity contribution in [1.82, 2.24) is 4.98 Å². The van der Waals surface area contributed by atoms with Crippen LogP contribution in [0.25, 0.3) is 10.9 Å². The van der Waals surface area contributed by atoms with Gasteiger partial charge in [-0.05, 0) is 58.4 Å². The number of hydrogen-bond acceptors (Lipinski definition) is 3. The predicted octanol–water partition coefficient (Wildman–Crippen LogP) is 5.27. The first-order valence-electron chi connectivity index (χ1n) is 6.19. The highest BCUT2D eigenvalue weighted by atomic mass is 79.9. The van der Waals surface area contributed by atoms with Crippen molar-refractivity contribution < 1.29 is 0 Å². The molecule has 1 N–H and O–H groups in total. The first-order valence-corrected chi connectivity index (χ1v) is 7.36. The molecule has 0 spiro atoms. The third-order valence-electron chi connectivity index (χ3n) is 3.08. The van der Waals surface area contributed by atoms with E-state index in [1.165, 1.54) is 0 Å². The van der Waals surface area contributed by atoms with Gasteiger partial charge in [-0.1, -0.05) is 11.6 Å². The fraction of sp³-hybridized carbons (Fsp3) is 0. The zero-order valence-electron chi connectivity index (χ0n) is 10.8. The number of benzene rings is 2. The van der Waals surface area contributed by atoms with E-state index >= 15 is 0 Å². The van der Waals surface area contributed by atoms with Gasteiger partial charge in [0.1, 0.15) is 0 Å². The maximum atomic E-state index is 8.90. The van der Waals surface area contributed by atoms with Crippen molar-refractivity contribution >= 4 is 49.8 Å². The van der Waals surface area contributed by atoms with Crippen LogP contribution in [0.2, 0.25) is 5.02 Å². The molecule has 21 heavy (non-hydrogen) atoms. The average molecular weight is 359 g/mol. The first-order chi connectivity index (χ1) is 10.2. The zero-order valence-corrected chi connectivity index (χ0v) is 13.1. The number of nitrogens with one attached hydrogen (secondary N) is 1. The largest absolute Gasteiger partial charge is 0.353 e. The molecule has 0 bridgehead atoms. The SMILES string of the molecule is N#Cc1ccc(Nc2ccc(Cl)c3cccnc23)c(Br)c1. The number of aromatic nitrogens is 1. The standard InChI is InChI=1S/C16H9BrClN3/c17-12-8-10(9-19)3-5-14(12)21-15-6-4-13(18)11-2-1-7-20-16(11)15/h1-8,21H. The number of fused-ring (bicyclic) bond motifs is 1. The number of halogens is 2. The summed E-state index contributed by atoms with van der Waals surface area (Å²) in [6.45, 7) is 0. The quantitative estimate of drug-likeness (QED) is 0.679. The monoisotopic (exact) mass is 357 g/mol. The van der Waals surface area contributed by atoms with Crippen LogP contribution in [0.4, 0.5) is 11.4 Å². The van der Waals surface area contributed by atoms with Crippen molar-refractivity contribution in [3.8, 4) is 6.07 Å². The lowest BCUT2D eigenvalue weighted by molar-refractivity contribution is 1.40. The Bertz CT molecular complexity index is 871. The predicted molar refractivity (Wildman–Crippen MR) is 88.9 cm³/mol. The van der Waals surface area contributed by atoms with Gasteiger partial charge < -0.3 is 5.32 Å². The second-order valence-electron chi connectivity index (χ2n) is 4.43. The van der Waals surface area contributed by atoms with Gasteiger partial charge in [-0.2, -0.15) is 5.26 Å². The summed E-state index contributed by atoms with van der Waals surface area (Å²) >= 11 is 9.65.